The van der Waals surface area contributed by atoms with Crippen molar-refractivity contribution in [3.05, 3.63) is 48.0 Å². The summed E-state index contributed by atoms with van der Waals surface area (Å²) in [5, 5.41) is 13.3. The van der Waals surface area contributed by atoms with E-state index in [0.717, 1.165) is 10.8 Å². The molecule has 0 amide bonds. The monoisotopic (exact) mass is 407 g/mol. The summed E-state index contributed by atoms with van der Waals surface area (Å²) >= 11 is 0. The van der Waals surface area contributed by atoms with E-state index in [1.807, 2.05) is 0 Å². The fraction of sp³-hybridized carbons (Fsp3) is 0.238. The molecule has 3 heterocycles. The molecule has 3 rings (SSSR count). The molecule has 9 nitrogen and oxygen atoms in total. The number of carboxylic acids is 1. The molecular weight excluding hydrogens is 386 g/mol. The highest BCUT2D eigenvalue weighted by atomic mass is 16.5. The van der Waals surface area contributed by atoms with Gasteiger partial charge in [-0.3, -0.25) is 4.79 Å². The topological polar surface area (TPSA) is 132 Å². The number of hydrogen-bond donors (Lipinski definition) is 3. The van der Waals surface area contributed by atoms with Gasteiger partial charge in [0.25, 0.3) is 0 Å². The molecule has 0 saturated heterocycles. The van der Waals surface area contributed by atoms with Crippen LogP contribution in [0.3, 0.4) is 0 Å². The van der Waals surface area contributed by atoms with Crippen LogP contribution in [-0.2, 0) is 9.53 Å². The molecule has 0 fully saturated rings. The molecule has 9 heteroatoms. The van der Waals surface area contributed by atoms with Gasteiger partial charge in [0.2, 0.25) is 0 Å². The van der Waals surface area contributed by atoms with E-state index in [1.165, 1.54) is 0 Å². The Labute approximate surface area is 173 Å². The van der Waals surface area contributed by atoms with Crippen molar-refractivity contribution in [3.63, 3.8) is 0 Å². The largest absolute Gasteiger partial charge is 0.491 e. The molecule has 3 aromatic rings. The number of hydrogen-bond acceptors (Lipinski definition) is 8. The minimum atomic E-state index is -0.893. The molecule has 0 saturated carbocycles. The molecular formula is C21H21N5O4. The minimum Gasteiger partial charge on any atom is -0.491 e. The summed E-state index contributed by atoms with van der Waals surface area (Å²) in [6.07, 6.45) is 4.91. The first-order chi connectivity index (χ1) is 14.6. The number of nitrogens with zero attached hydrogens (tertiary/aromatic N) is 3. The molecule has 3 aromatic heterocycles. The number of aromatic nitrogens is 3. The Morgan fingerprint density at radius 2 is 2.00 bits per heavy atom. The number of anilines is 2. The highest BCUT2D eigenvalue weighted by Gasteiger charge is 2.06. The lowest BCUT2D eigenvalue weighted by Gasteiger charge is -2.07. The Kier molecular flexibility index (Phi) is 6.97. The molecule has 0 aromatic carbocycles. The number of fused-ring (bicyclic) bond motifs is 1. The highest BCUT2D eigenvalue weighted by Crippen LogP contribution is 2.24. The Morgan fingerprint density at radius 1 is 1.13 bits per heavy atom. The van der Waals surface area contributed by atoms with E-state index in [0.29, 0.717) is 41.9 Å². The van der Waals surface area contributed by atoms with E-state index in [1.54, 1.807) is 43.8 Å². The third kappa shape index (κ3) is 5.56. The van der Waals surface area contributed by atoms with E-state index in [9.17, 15) is 4.79 Å². The number of nitrogen functional groups attached to an aromatic ring is 1. The van der Waals surface area contributed by atoms with E-state index < -0.39 is 5.97 Å². The number of nitrogens with two attached hydrogens (primary N) is 1. The normalized spacial score (nSPS) is 10.3. The number of pyridine rings is 3. The van der Waals surface area contributed by atoms with E-state index in [-0.39, 0.29) is 13.0 Å². The summed E-state index contributed by atoms with van der Waals surface area (Å²) in [6.45, 7) is 0.741. The van der Waals surface area contributed by atoms with Gasteiger partial charge in [0, 0.05) is 42.5 Å². The van der Waals surface area contributed by atoms with Gasteiger partial charge in [-0.25, -0.2) is 15.0 Å². The van der Waals surface area contributed by atoms with Gasteiger partial charge in [-0.15, -0.1) is 0 Å². The molecule has 0 radical (unpaired) electrons. The number of aliphatic carboxylic acids is 1. The first-order valence-electron chi connectivity index (χ1n) is 9.19. The van der Waals surface area contributed by atoms with Crippen molar-refractivity contribution in [1.82, 2.24) is 15.0 Å². The number of carboxylic acid groups (broad SMARTS) is 1. The molecule has 0 aliphatic carbocycles. The molecule has 0 unspecified atom stereocenters. The van der Waals surface area contributed by atoms with Crippen molar-refractivity contribution in [2.45, 2.75) is 6.42 Å². The highest BCUT2D eigenvalue weighted by molar-refractivity contribution is 5.96. The fourth-order valence-electron chi connectivity index (χ4n) is 2.63. The first-order valence-corrected chi connectivity index (χ1v) is 9.19. The molecule has 30 heavy (non-hydrogen) atoms. The van der Waals surface area contributed by atoms with E-state index in [4.69, 9.17) is 20.3 Å². The SMILES string of the molecule is CNc1ncc(C#Cc2cc(OCCOCCC(=O)O)ccn2)c2cc(N)ncc12. The van der Waals surface area contributed by atoms with Crippen molar-refractivity contribution in [2.75, 3.05) is 37.9 Å². The number of ether oxygens (including phenoxy) is 2. The van der Waals surface area contributed by atoms with Crippen LogP contribution >= 0.6 is 0 Å². The van der Waals surface area contributed by atoms with E-state index in [2.05, 4.69) is 32.1 Å². The summed E-state index contributed by atoms with van der Waals surface area (Å²) in [5.74, 6) is 6.90. The first kappa shape index (κ1) is 20.8. The predicted molar refractivity (Wildman–Crippen MR) is 112 cm³/mol. The molecule has 0 bridgehead atoms. The van der Waals surface area contributed by atoms with Crippen molar-refractivity contribution >= 4 is 28.4 Å². The quantitative estimate of drug-likeness (QED) is 0.378. The van der Waals surface area contributed by atoms with Gasteiger partial charge >= 0.3 is 5.97 Å². The lowest BCUT2D eigenvalue weighted by molar-refractivity contribution is -0.138. The molecule has 0 aliphatic rings. The molecule has 0 atom stereocenters. The Balaban J connectivity index is 1.70. The average Bonchev–Trinajstić information content (AvgIpc) is 2.74. The maximum absolute atomic E-state index is 10.4. The second-order valence-corrected chi connectivity index (χ2v) is 6.16. The van der Waals surface area contributed by atoms with Crippen LogP contribution in [0.15, 0.2) is 36.8 Å². The summed E-state index contributed by atoms with van der Waals surface area (Å²) in [5.41, 5.74) is 7.08. The van der Waals surface area contributed by atoms with Gasteiger partial charge in [-0.2, -0.15) is 0 Å². The third-order valence-corrected chi connectivity index (χ3v) is 4.04. The Hall–Kier alpha value is -3.90. The second-order valence-electron chi connectivity index (χ2n) is 6.16. The van der Waals surface area contributed by atoms with E-state index >= 15 is 0 Å². The van der Waals surface area contributed by atoms with Crippen LogP contribution in [0, 0.1) is 11.8 Å². The maximum atomic E-state index is 10.4. The van der Waals surface area contributed by atoms with Crippen molar-refractivity contribution in [1.29, 1.82) is 0 Å². The Bertz CT molecular complexity index is 1110. The van der Waals surface area contributed by atoms with Crippen LogP contribution in [0.1, 0.15) is 17.7 Å². The van der Waals surface area contributed by atoms with Crippen molar-refractivity contribution < 1.29 is 19.4 Å². The molecule has 0 spiro atoms. The average molecular weight is 407 g/mol. The van der Waals surface area contributed by atoms with Gasteiger partial charge in [0.05, 0.1) is 25.2 Å². The van der Waals surface area contributed by atoms with Gasteiger partial charge < -0.3 is 25.6 Å². The zero-order valence-electron chi connectivity index (χ0n) is 16.4. The Morgan fingerprint density at radius 3 is 2.80 bits per heavy atom. The van der Waals surface area contributed by atoms with Crippen LogP contribution in [0.2, 0.25) is 0 Å². The van der Waals surface area contributed by atoms with Crippen LogP contribution in [0.25, 0.3) is 10.8 Å². The van der Waals surface area contributed by atoms with Crippen LogP contribution in [0.5, 0.6) is 5.75 Å². The van der Waals surface area contributed by atoms with Crippen LogP contribution in [0.4, 0.5) is 11.6 Å². The van der Waals surface area contributed by atoms with Crippen molar-refractivity contribution in [3.8, 4) is 17.6 Å². The van der Waals surface area contributed by atoms with Gasteiger partial charge in [0.1, 0.15) is 29.7 Å². The van der Waals surface area contributed by atoms with Crippen LogP contribution < -0.4 is 15.8 Å². The summed E-state index contributed by atoms with van der Waals surface area (Å²) in [7, 11) is 1.79. The van der Waals surface area contributed by atoms with Crippen molar-refractivity contribution in [2.24, 2.45) is 0 Å². The minimum absolute atomic E-state index is 0.0322. The number of carbonyl (C=O) groups is 1. The lowest BCUT2D eigenvalue weighted by Crippen LogP contribution is -2.09. The van der Waals surface area contributed by atoms with Crippen LogP contribution in [-0.4, -0.2) is 52.9 Å². The van der Waals surface area contributed by atoms with Gasteiger partial charge in [-0.05, 0) is 18.1 Å². The third-order valence-electron chi connectivity index (χ3n) is 4.04. The van der Waals surface area contributed by atoms with Gasteiger partial charge in [-0.1, -0.05) is 5.92 Å². The smallest absolute Gasteiger partial charge is 0.305 e. The summed E-state index contributed by atoms with van der Waals surface area (Å²) < 4.78 is 10.8. The standard InChI is InChI=1S/C21H21N5O4/c1-23-21-18-13-25-19(22)11-17(18)14(12-26-21)2-3-15-10-16(4-6-24-15)30-9-8-29-7-5-20(27)28/h4,6,10-13H,5,7-9H2,1H3,(H2,22,25)(H,23,26)(H,27,28). The fourth-order valence-corrected chi connectivity index (χ4v) is 2.63. The summed E-state index contributed by atoms with van der Waals surface area (Å²) in [6, 6.07) is 5.20. The predicted octanol–water partition coefficient (Wildman–Crippen LogP) is 1.92. The molecule has 4 N–H and O–H groups in total. The zero-order chi connectivity index (χ0) is 21.3. The number of rotatable bonds is 8. The molecule has 0 aliphatic heterocycles. The summed E-state index contributed by atoms with van der Waals surface area (Å²) in [4.78, 5) is 23.2. The maximum Gasteiger partial charge on any atom is 0.305 e. The number of nitrogens with one attached hydrogen (secondary N) is 1. The second kappa shape index (κ2) is 10.0. The lowest BCUT2D eigenvalue weighted by atomic mass is 10.1. The zero-order valence-corrected chi connectivity index (χ0v) is 16.4. The molecule has 154 valence electrons. The van der Waals surface area contributed by atoms with Gasteiger partial charge in [0.15, 0.2) is 0 Å².